The summed E-state index contributed by atoms with van der Waals surface area (Å²) in [5, 5.41) is 11.3. The molecule has 1 amide bonds. The fraction of sp³-hybridized carbons (Fsp3) is 0.125. The Bertz CT molecular complexity index is 626. The van der Waals surface area contributed by atoms with E-state index in [-0.39, 0.29) is 61.8 Å². The zero-order chi connectivity index (χ0) is 13.7. The Kier molecular flexibility index (Phi) is 4.91. The second-order valence-corrected chi connectivity index (χ2v) is 4.96. The first-order valence-electron chi connectivity index (χ1n) is 4.42. The molecule has 1 aromatic carbocycles. The largest absolute Gasteiger partial charge is 1.00 e. The first-order chi connectivity index (χ1) is 8.24. The fourth-order valence-electron chi connectivity index (χ4n) is 1.43. The van der Waals surface area contributed by atoms with E-state index < -0.39 is 51.5 Å². The topological polar surface area (TPSA) is 89.5 Å². The van der Waals surface area contributed by atoms with Crippen LogP contribution in [0.3, 0.4) is 0 Å². The predicted molar refractivity (Wildman–Crippen MR) is 50.2 cm³/mol. The number of nitrogens with zero attached hydrogens (tertiary/aromatic N) is 1. The van der Waals surface area contributed by atoms with Crippen molar-refractivity contribution < 1.29 is 82.9 Å². The summed E-state index contributed by atoms with van der Waals surface area (Å²) in [7, 11) is -4.51. The molecule has 19 heavy (non-hydrogen) atoms. The fourth-order valence-corrected chi connectivity index (χ4v) is 2.59. The minimum Gasteiger partial charge on any atom is -0.869 e. The van der Waals surface area contributed by atoms with Crippen molar-refractivity contribution in [1.29, 1.82) is 0 Å². The first kappa shape index (κ1) is 16.7. The average molecular weight is 320 g/mol. The molecule has 1 fully saturated rings. The zero-order valence-electron chi connectivity index (χ0n) is 9.41. The summed E-state index contributed by atoms with van der Waals surface area (Å²) >= 11 is 0. The molecule has 0 saturated carbocycles. The van der Waals surface area contributed by atoms with Crippen molar-refractivity contribution in [2.75, 3.05) is 10.8 Å². The van der Waals surface area contributed by atoms with Crippen molar-refractivity contribution in [1.82, 2.24) is 4.72 Å². The number of amides is 1. The second-order valence-electron chi connectivity index (χ2n) is 3.37. The molecule has 1 N–H and O–H groups in total. The van der Waals surface area contributed by atoms with Gasteiger partial charge in [0.05, 0.1) is 5.69 Å². The van der Waals surface area contributed by atoms with Crippen molar-refractivity contribution in [3.05, 3.63) is 23.5 Å². The van der Waals surface area contributed by atoms with Gasteiger partial charge in [0, 0.05) is 6.07 Å². The van der Waals surface area contributed by atoms with Crippen LogP contribution in [0.1, 0.15) is 0 Å². The molecule has 0 aromatic heterocycles. The molecule has 0 spiro atoms. The maximum atomic E-state index is 13.4. The molecule has 1 heterocycles. The van der Waals surface area contributed by atoms with E-state index in [9.17, 15) is 31.5 Å². The van der Waals surface area contributed by atoms with Crippen molar-refractivity contribution >= 4 is 21.8 Å². The van der Waals surface area contributed by atoms with Gasteiger partial charge in [0.1, 0.15) is 12.4 Å². The molecule has 11 heteroatoms. The van der Waals surface area contributed by atoms with Gasteiger partial charge in [-0.1, -0.05) is 0 Å². The summed E-state index contributed by atoms with van der Waals surface area (Å²) in [6.07, 6.45) is 0. The summed E-state index contributed by atoms with van der Waals surface area (Å²) in [6.45, 7) is -0.919. The average Bonchev–Trinajstić information content (AvgIpc) is 2.50. The second kappa shape index (κ2) is 5.58. The van der Waals surface area contributed by atoms with Crippen LogP contribution >= 0.6 is 0 Å². The third-order valence-corrected chi connectivity index (χ3v) is 3.55. The van der Waals surface area contributed by atoms with E-state index in [1.165, 1.54) is 4.72 Å². The third kappa shape index (κ3) is 2.90. The van der Waals surface area contributed by atoms with Gasteiger partial charge in [-0.15, -0.1) is 0 Å². The van der Waals surface area contributed by atoms with Crippen molar-refractivity contribution in [2.45, 2.75) is 0 Å². The summed E-state index contributed by atoms with van der Waals surface area (Å²) in [5.41, 5.74) is -1.36. The minimum absolute atomic E-state index is 0. The molecule has 1 aliphatic rings. The van der Waals surface area contributed by atoms with E-state index in [0.717, 1.165) is 0 Å². The van der Waals surface area contributed by atoms with E-state index in [2.05, 4.69) is 0 Å². The normalized spacial score (nSPS) is 17.0. The quantitative estimate of drug-likeness (QED) is 0.427. The van der Waals surface area contributed by atoms with Crippen molar-refractivity contribution in [3.63, 3.8) is 0 Å². The van der Waals surface area contributed by atoms with Gasteiger partial charge in [0.2, 0.25) is 0 Å². The summed E-state index contributed by atoms with van der Waals surface area (Å²) in [5.74, 6) is -7.90. The van der Waals surface area contributed by atoms with Crippen molar-refractivity contribution in [3.8, 4) is 5.75 Å². The number of carbonyl (C=O) groups excluding carboxylic acids is 1. The molecule has 2 rings (SSSR count). The Morgan fingerprint density at radius 1 is 1.26 bits per heavy atom. The van der Waals surface area contributed by atoms with Crippen LogP contribution in [0.15, 0.2) is 6.07 Å². The number of anilines is 1. The molecule has 0 aliphatic carbocycles. The van der Waals surface area contributed by atoms with Crippen LogP contribution in [0, 0.1) is 17.5 Å². The molecule has 98 valence electrons. The maximum Gasteiger partial charge on any atom is 1.00 e. The van der Waals surface area contributed by atoms with E-state index in [1.807, 2.05) is 0 Å². The number of hydrogen-bond acceptors (Lipinski definition) is 4. The van der Waals surface area contributed by atoms with Gasteiger partial charge in [0.25, 0.3) is 5.91 Å². The van der Waals surface area contributed by atoms with Crippen LogP contribution in [-0.4, -0.2) is 20.9 Å². The van der Waals surface area contributed by atoms with Gasteiger partial charge < -0.3 is 5.11 Å². The molecule has 6 nitrogen and oxygen atoms in total. The minimum atomic E-state index is -4.51. The van der Waals surface area contributed by atoms with Gasteiger partial charge in [-0.2, -0.15) is 8.42 Å². The van der Waals surface area contributed by atoms with Crippen LogP contribution in [0.5, 0.6) is 5.75 Å². The van der Waals surface area contributed by atoms with Gasteiger partial charge in [0.15, 0.2) is 11.6 Å². The molecular formula is C8H4F3KN2O4S. The maximum absolute atomic E-state index is 13.4. The van der Waals surface area contributed by atoms with E-state index in [4.69, 9.17) is 0 Å². The Morgan fingerprint density at radius 3 is 2.32 bits per heavy atom. The van der Waals surface area contributed by atoms with E-state index in [1.54, 1.807) is 0 Å². The SMILES string of the molecule is O=C1CN(c2c([O-])c(F)cc(F)c2F)S(=O)(=O)N1.[K+]. The molecule has 1 aliphatic heterocycles. The van der Waals surface area contributed by atoms with Crippen LogP contribution in [-0.2, 0) is 15.0 Å². The van der Waals surface area contributed by atoms with Crippen LogP contribution in [0.4, 0.5) is 18.9 Å². The zero-order valence-corrected chi connectivity index (χ0v) is 13.3. The molecule has 1 saturated heterocycles. The number of benzene rings is 1. The van der Waals surface area contributed by atoms with Gasteiger partial charge in [-0.05, 0) is 5.75 Å². The Balaban J connectivity index is 0.00000180. The summed E-state index contributed by atoms with van der Waals surface area (Å²) < 4.78 is 63.4. The van der Waals surface area contributed by atoms with Gasteiger partial charge >= 0.3 is 61.6 Å². The molecular weight excluding hydrogens is 316 g/mol. The van der Waals surface area contributed by atoms with Crippen LogP contribution in [0.2, 0.25) is 0 Å². The number of rotatable bonds is 1. The molecule has 1 aromatic rings. The number of nitrogens with one attached hydrogen (secondary N) is 1. The van der Waals surface area contributed by atoms with Crippen molar-refractivity contribution in [2.24, 2.45) is 0 Å². The number of carbonyl (C=O) groups is 1. The number of hydrogen-bond donors (Lipinski definition) is 1. The molecule has 0 unspecified atom stereocenters. The predicted octanol–water partition coefficient (Wildman–Crippen LogP) is -3.64. The Hall–Kier alpha value is -0.334. The Morgan fingerprint density at radius 2 is 1.84 bits per heavy atom. The third-order valence-electron chi connectivity index (χ3n) is 2.17. The molecule has 0 atom stereocenters. The molecule has 0 radical (unpaired) electrons. The standard InChI is InChI=1S/C8H5F3N2O4S.K/c9-3-1-4(10)8(15)7(6(3)11)13-2-5(14)12-18(13,16)17;/h1,15H,2H2,(H,12,14);/q;+1/p-1. The smallest absolute Gasteiger partial charge is 0.869 e. The number of halogens is 3. The first-order valence-corrected chi connectivity index (χ1v) is 5.86. The Labute approximate surface area is 148 Å². The van der Waals surface area contributed by atoms with Gasteiger partial charge in [-0.25, -0.2) is 22.2 Å². The van der Waals surface area contributed by atoms with Gasteiger partial charge in [-0.3, -0.25) is 4.79 Å². The van der Waals surface area contributed by atoms with E-state index in [0.29, 0.717) is 0 Å². The monoisotopic (exact) mass is 320 g/mol. The molecule has 0 bridgehead atoms. The van der Waals surface area contributed by atoms with Crippen LogP contribution < -0.4 is 65.5 Å². The van der Waals surface area contributed by atoms with Crippen LogP contribution in [0.25, 0.3) is 0 Å². The van der Waals surface area contributed by atoms with E-state index >= 15 is 0 Å². The summed E-state index contributed by atoms with van der Waals surface area (Å²) in [6, 6.07) is -0.000886. The summed E-state index contributed by atoms with van der Waals surface area (Å²) in [4.78, 5) is 10.9.